The van der Waals surface area contributed by atoms with Crippen LogP contribution in [0.15, 0.2) is 0 Å². The van der Waals surface area contributed by atoms with Gasteiger partial charge in [-0.15, -0.1) is 0 Å². The lowest BCUT2D eigenvalue weighted by Crippen LogP contribution is -2.63. The van der Waals surface area contributed by atoms with Crippen LogP contribution < -0.4 is 0 Å². The van der Waals surface area contributed by atoms with E-state index in [2.05, 4.69) is 0 Å². The number of carbonyl (C=O) groups excluding carboxylic acids is 1. The second-order valence-corrected chi connectivity index (χ2v) is 7.03. The van der Waals surface area contributed by atoms with Gasteiger partial charge in [-0.3, -0.25) is 9.35 Å². The van der Waals surface area contributed by atoms with Crippen molar-refractivity contribution in [3.05, 3.63) is 0 Å². The van der Waals surface area contributed by atoms with Crippen molar-refractivity contribution in [2.75, 3.05) is 0 Å². The van der Waals surface area contributed by atoms with Crippen molar-refractivity contribution in [2.45, 2.75) is 18.1 Å². The summed E-state index contributed by atoms with van der Waals surface area (Å²) in [6.45, 7) is 0. The van der Waals surface area contributed by atoms with Gasteiger partial charge in [0.15, 0.2) is 0 Å². The lowest BCUT2D eigenvalue weighted by atomic mass is 9.44. The molecule has 0 aromatic heterocycles. The fourth-order valence-corrected chi connectivity index (χ4v) is 5.08. The van der Waals surface area contributed by atoms with E-state index in [-0.39, 0.29) is 23.0 Å². The number of fused-ring (bicyclic) bond motifs is 2. The predicted molar refractivity (Wildman–Crippen MR) is 46.1 cm³/mol. The summed E-state index contributed by atoms with van der Waals surface area (Å²) in [5, 5.41) is -4.19. The zero-order valence-electron chi connectivity index (χ0n) is 7.98. The molecule has 0 aliphatic heterocycles. The Morgan fingerprint density at radius 1 is 1.50 bits per heavy atom. The maximum Gasteiger partial charge on any atom is 0.370 e. The largest absolute Gasteiger partial charge is 0.370 e. The van der Waals surface area contributed by atoms with Crippen LogP contribution in [-0.2, 0) is 14.9 Å². The highest BCUT2D eigenvalue weighted by Gasteiger charge is 3.09. The van der Waals surface area contributed by atoms with Gasteiger partial charge in [0.2, 0.25) is 0 Å². The van der Waals surface area contributed by atoms with Crippen molar-refractivity contribution in [1.29, 1.82) is 0 Å². The molecule has 4 fully saturated rings. The molecule has 1 N–H and O–H groups in total. The third-order valence-electron chi connectivity index (χ3n) is 5.29. The second-order valence-electron chi connectivity index (χ2n) is 5.48. The van der Waals surface area contributed by atoms with Gasteiger partial charge in [-0.25, -0.2) is 0 Å². The molecule has 0 aromatic rings. The smallest absolute Gasteiger partial charge is 0.299 e. The van der Waals surface area contributed by atoms with Gasteiger partial charge in [-0.2, -0.15) is 17.2 Å². The van der Waals surface area contributed by atoms with E-state index in [0.29, 0.717) is 12.3 Å². The van der Waals surface area contributed by atoms with Crippen LogP contribution in [-0.4, -0.2) is 24.0 Å². The molecule has 7 heteroatoms. The van der Waals surface area contributed by atoms with Crippen LogP contribution in [0, 0.1) is 28.6 Å². The Kier molecular flexibility index (Phi) is 1.10. The Morgan fingerprint density at radius 3 is 2.44 bits per heavy atom. The molecule has 4 aliphatic carbocycles. The van der Waals surface area contributed by atoms with Gasteiger partial charge in [-0.1, -0.05) is 0 Å². The predicted octanol–water partition coefficient (Wildman–Crippen LogP) is 0.692. The van der Waals surface area contributed by atoms with E-state index >= 15 is 0 Å². The molecular formula is C9H8F2O4S. The van der Waals surface area contributed by atoms with E-state index in [1.807, 2.05) is 0 Å². The number of ketones is 1. The van der Waals surface area contributed by atoms with Gasteiger partial charge in [-0.05, 0) is 18.3 Å². The van der Waals surface area contributed by atoms with Gasteiger partial charge in [0, 0.05) is 23.2 Å². The van der Waals surface area contributed by atoms with E-state index in [1.54, 1.807) is 0 Å². The molecule has 1 spiro atoms. The number of rotatable bonds is 3. The third-order valence-corrected chi connectivity index (χ3v) is 6.19. The van der Waals surface area contributed by atoms with E-state index in [1.165, 1.54) is 0 Å². The zero-order chi connectivity index (χ0) is 11.7. The minimum Gasteiger partial charge on any atom is -0.299 e. The number of halogens is 2. The second kappa shape index (κ2) is 1.86. The van der Waals surface area contributed by atoms with Crippen LogP contribution in [0.1, 0.15) is 12.8 Å². The number of hydrogen-bond acceptors (Lipinski definition) is 3. The lowest BCUT2D eigenvalue weighted by molar-refractivity contribution is -0.178. The molecule has 4 saturated carbocycles. The molecule has 0 aromatic carbocycles. The van der Waals surface area contributed by atoms with Gasteiger partial charge in [0.05, 0.1) is 0 Å². The fraction of sp³-hybridized carbons (Fsp3) is 0.889. The lowest BCUT2D eigenvalue weighted by Gasteiger charge is -2.57. The van der Waals surface area contributed by atoms with Crippen LogP contribution in [0.3, 0.4) is 0 Å². The number of carbonyl (C=O) groups is 1. The molecule has 0 amide bonds. The number of alkyl halides is 2. The molecule has 5 unspecified atom stereocenters. The Labute approximate surface area is 89.8 Å². The minimum absolute atomic E-state index is 0.0524. The zero-order valence-corrected chi connectivity index (χ0v) is 8.80. The van der Waals surface area contributed by atoms with Crippen LogP contribution in [0.25, 0.3) is 0 Å². The monoisotopic (exact) mass is 250 g/mol. The van der Waals surface area contributed by atoms with Crippen LogP contribution in [0.5, 0.6) is 0 Å². The quantitative estimate of drug-likeness (QED) is 0.748. The maximum absolute atomic E-state index is 13.2. The van der Waals surface area contributed by atoms with E-state index < -0.39 is 27.2 Å². The molecule has 5 atom stereocenters. The Bertz CT molecular complexity index is 556. The first-order chi connectivity index (χ1) is 7.20. The average molecular weight is 250 g/mol. The minimum atomic E-state index is -5.41. The topological polar surface area (TPSA) is 71.4 Å². The Hall–Kier alpha value is -0.560. The summed E-state index contributed by atoms with van der Waals surface area (Å²) in [5.41, 5.74) is -1.37. The van der Waals surface area contributed by atoms with Crippen LogP contribution in [0.2, 0.25) is 0 Å². The van der Waals surface area contributed by atoms with Gasteiger partial charge in [0.1, 0.15) is 5.78 Å². The average Bonchev–Trinajstić information content (AvgIpc) is 2.92. The standard InChI is InChI=1S/C9H8F2O4S/c10-8(11,16(13,14)15)2-7-1-3-4-5(6(7)12)9(3,4)7/h3-5H,1-2H2,(H,13,14,15). The first kappa shape index (κ1) is 9.47. The SMILES string of the molecule is O=C1C2C3C4CC1(CC(F)(F)S(=O)(=O)O)C423. The molecule has 4 rings (SSSR count). The normalized spacial score (nSPS) is 55.7. The van der Waals surface area contributed by atoms with E-state index in [4.69, 9.17) is 4.55 Å². The summed E-state index contributed by atoms with van der Waals surface area (Å²) < 4.78 is 56.0. The first-order valence-electron chi connectivity index (χ1n) is 5.09. The molecule has 88 valence electrons. The summed E-state index contributed by atoms with van der Waals surface area (Å²) in [5.74, 6) is 0.386. The van der Waals surface area contributed by atoms with E-state index in [9.17, 15) is 22.0 Å². The molecule has 4 nitrogen and oxygen atoms in total. The van der Waals surface area contributed by atoms with Crippen molar-refractivity contribution >= 4 is 15.9 Å². The molecule has 0 heterocycles. The highest BCUT2D eigenvalue weighted by Crippen LogP contribution is 3.07. The van der Waals surface area contributed by atoms with E-state index in [0.717, 1.165) is 0 Å². The number of Topliss-reactive ketones (excluding diaryl/α,β-unsaturated/α-hetero) is 1. The highest BCUT2D eigenvalue weighted by atomic mass is 32.2. The summed E-state index contributed by atoms with van der Waals surface area (Å²) >= 11 is 0. The van der Waals surface area contributed by atoms with Gasteiger partial charge < -0.3 is 0 Å². The van der Waals surface area contributed by atoms with Crippen molar-refractivity contribution in [3.8, 4) is 0 Å². The molecule has 16 heavy (non-hydrogen) atoms. The summed E-state index contributed by atoms with van der Waals surface area (Å²) in [7, 11) is -5.41. The summed E-state index contributed by atoms with van der Waals surface area (Å²) in [6.07, 6.45) is -0.640. The Morgan fingerprint density at radius 2 is 2.12 bits per heavy atom. The van der Waals surface area contributed by atoms with Crippen LogP contribution in [0.4, 0.5) is 8.78 Å². The maximum atomic E-state index is 13.2. The molecular weight excluding hydrogens is 242 g/mol. The molecule has 0 radical (unpaired) electrons. The molecule has 0 saturated heterocycles. The van der Waals surface area contributed by atoms with Gasteiger partial charge in [0.25, 0.3) is 0 Å². The van der Waals surface area contributed by atoms with Crippen molar-refractivity contribution in [2.24, 2.45) is 28.6 Å². The summed E-state index contributed by atoms with van der Waals surface area (Å²) in [4.78, 5) is 11.6. The van der Waals surface area contributed by atoms with Crippen molar-refractivity contribution in [1.82, 2.24) is 0 Å². The van der Waals surface area contributed by atoms with Crippen molar-refractivity contribution < 1.29 is 26.5 Å². The summed E-state index contributed by atoms with van der Waals surface area (Å²) in [6, 6.07) is 0. The number of hydrogen-bond donors (Lipinski definition) is 1. The molecule has 4 aliphatic rings. The van der Waals surface area contributed by atoms with Gasteiger partial charge >= 0.3 is 15.4 Å². The van der Waals surface area contributed by atoms with Crippen molar-refractivity contribution in [3.63, 3.8) is 0 Å². The fourth-order valence-electron chi connectivity index (χ4n) is 4.65. The first-order valence-corrected chi connectivity index (χ1v) is 6.53. The third kappa shape index (κ3) is 0.569. The Balaban J connectivity index is 1.68. The van der Waals surface area contributed by atoms with Crippen LogP contribution >= 0.6 is 0 Å². The highest BCUT2D eigenvalue weighted by molar-refractivity contribution is 7.86. The molecule has 0 bridgehead atoms.